The van der Waals surface area contributed by atoms with Gasteiger partial charge in [-0.25, -0.2) is 0 Å². The van der Waals surface area contributed by atoms with Gasteiger partial charge in [-0.05, 0) is 26.2 Å². The van der Waals surface area contributed by atoms with Gasteiger partial charge in [-0.15, -0.1) is 0 Å². The van der Waals surface area contributed by atoms with Crippen LogP contribution in [0.5, 0.6) is 0 Å². The van der Waals surface area contributed by atoms with Crippen LogP contribution in [0.3, 0.4) is 0 Å². The minimum atomic E-state index is -0.187. The number of ketones is 2. The fourth-order valence-electron chi connectivity index (χ4n) is 1.65. The lowest BCUT2D eigenvalue weighted by molar-refractivity contribution is -0.125. The predicted octanol–water partition coefficient (Wildman–Crippen LogP) is 3.92. The summed E-state index contributed by atoms with van der Waals surface area (Å²) in [6.45, 7) is 7.69. The average Bonchev–Trinajstić information content (AvgIpc) is 2.17. The quantitative estimate of drug-likeness (QED) is 0.558. The molecule has 0 aromatic rings. The van der Waals surface area contributed by atoms with Crippen LogP contribution >= 0.6 is 0 Å². The van der Waals surface area contributed by atoms with Gasteiger partial charge in [0.15, 0.2) is 0 Å². The summed E-state index contributed by atoms with van der Waals surface area (Å²) < 4.78 is 0. The SMILES string of the molecule is CCCC(=O)CCCCCC(C)(C)C(C)=O. The minimum absolute atomic E-state index is 0.187. The molecule has 0 aliphatic rings. The van der Waals surface area contributed by atoms with Crippen LogP contribution in [0.15, 0.2) is 0 Å². The lowest BCUT2D eigenvalue weighted by Crippen LogP contribution is -2.20. The minimum Gasteiger partial charge on any atom is -0.300 e. The highest BCUT2D eigenvalue weighted by Crippen LogP contribution is 2.24. The molecule has 0 aromatic heterocycles. The zero-order chi connectivity index (χ0) is 12.6. The van der Waals surface area contributed by atoms with Gasteiger partial charge in [0, 0.05) is 18.3 Å². The molecule has 0 saturated heterocycles. The third-order valence-electron chi connectivity index (χ3n) is 3.24. The summed E-state index contributed by atoms with van der Waals surface area (Å²) in [5.74, 6) is 0.642. The molecule has 0 bridgehead atoms. The highest BCUT2D eigenvalue weighted by Gasteiger charge is 2.22. The lowest BCUT2D eigenvalue weighted by atomic mass is 9.83. The third kappa shape index (κ3) is 6.76. The molecule has 0 rings (SSSR count). The summed E-state index contributed by atoms with van der Waals surface area (Å²) in [4.78, 5) is 22.5. The zero-order valence-corrected chi connectivity index (χ0v) is 11.3. The molecule has 16 heavy (non-hydrogen) atoms. The molecule has 0 aliphatic carbocycles. The van der Waals surface area contributed by atoms with E-state index in [1.807, 2.05) is 20.8 Å². The molecule has 0 aliphatic heterocycles. The number of hydrogen-bond acceptors (Lipinski definition) is 2. The van der Waals surface area contributed by atoms with E-state index in [0.717, 1.165) is 38.5 Å². The van der Waals surface area contributed by atoms with Crippen molar-refractivity contribution in [1.29, 1.82) is 0 Å². The van der Waals surface area contributed by atoms with Crippen LogP contribution in [0.1, 0.15) is 72.6 Å². The maximum Gasteiger partial charge on any atom is 0.135 e. The van der Waals surface area contributed by atoms with Crippen LogP contribution in [0.2, 0.25) is 0 Å². The second kappa shape index (κ2) is 7.59. The molecule has 0 N–H and O–H groups in total. The maximum atomic E-state index is 11.3. The topological polar surface area (TPSA) is 34.1 Å². The van der Waals surface area contributed by atoms with Crippen molar-refractivity contribution in [3.8, 4) is 0 Å². The van der Waals surface area contributed by atoms with Gasteiger partial charge in [0.1, 0.15) is 11.6 Å². The molecule has 0 aromatic carbocycles. The molecule has 94 valence electrons. The molecule has 0 heterocycles. The van der Waals surface area contributed by atoms with E-state index in [4.69, 9.17) is 0 Å². The highest BCUT2D eigenvalue weighted by molar-refractivity contribution is 5.81. The Kier molecular flexibility index (Phi) is 7.27. The Balaban J connectivity index is 3.54. The molecule has 0 fully saturated rings. The first-order valence-corrected chi connectivity index (χ1v) is 6.43. The molecule has 0 atom stereocenters. The Morgan fingerprint density at radius 1 is 1.00 bits per heavy atom. The summed E-state index contributed by atoms with van der Waals surface area (Å²) in [5.41, 5.74) is -0.187. The molecular formula is C14H26O2. The summed E-state index contributed by atoms with van der Waals surface area (Å²) >= 11 is 0. The molecule has 0 saturated carbocycles. The summed E-state index contributed by atoms with van der Waals surface area (Å²) in [7, 11) is 0. The normalized spacial score (nSPS) is 11.5. The van der Waals surface area contributed by atoms with Gasteiger partial charge in [-0.3, -0.25) is 9.59 Å². The number of carbonyl (C=O) groups excluding carboxylic acids is 2. The zero-order valence-electron chi connectivity index (χ0n) is 11.3. The van der Waals surface area contributed by atoms with Crippen molar-refractivity contribution >= 4 is 11.6 Å². The van der Waals surface area contributed by atoms with E-state index >= 15 is 0 Å². The second-order valence-corrected chi connectivity index (χ2v) is 5.29. The molecule has 0 spiro atoms. The first-order chi connectivity index (χ1) is 7.40. The molecule has 0 radical (unpaired) electrons. The summed E-state index contributed by atoms with van der Waals surface area (Å²) in [5, 5.41) is 0. The van der Waals surface area contributed by atoms with Crippen LogP contribution in [0, 0.1) is 5.41 Å². The number of carbonyl (C=O) groups is 2. The van der Waals surface area contributed by atoms with E-state index in [1.165, 1.54) is 0 Å². The van der Waals surface area contributed by atoms with Crippen LogP contribution < -0.4 is 0 Å². The fourth-order valence-corrected chi connectivity index (χ4v) is 1.65. The van der Waals surface area contributed by atoms with Gasteiger partial charge in [0.2, 0.25) is 0 Å². The summed E-state index contributed by atoms with van der Waals surface area (Å²) in [6, 6.07) is 0. The van der Waals surface area contributed by atoms with Crippen molar-refractivity contribution in [3.05, 3.63) is 0 Å². The Bertz CT molecular complexity index is 229. The Hall–Kier alpha value is -0.660. The Morgan fingerprint density at radius 2 is 1.62 bits per heavy atom. The van der Waals surface area contributed by atoms with Gasteiger partial charge in [-0.2, -0.15) is 0 Å². The number of rotatable bonds is 9. The van der Waals surface area contributed by atoms with E-state index in [0.29, 0.717) is 12.2 Å². The molecule has 0 unspecified atom stereocenters. The van der Waals surface area contributed by atoms with Gasteiger partial charge in [0.25, 0.3) is 0 Å². The van der Waals surface area contributed by atoms with E-state index in [2.05, 4.69) is 0 Å². The van der Waals surface area contributed by atoms with Crippen LogP contribution in [-0.2, 0) is 9.59 Å². The van der Waals surface area contributed by atoms with Crippen LogP contribution in [0.25, 0.3) is 0 Å². The number of unbranched alkanes of at least 4 members (excludes halogenated alkanes) is 2. The Morgan fingerprint density at radius 3 is 2.12 bits per heavy atom. The van der Waals surface area contributed by atoms with Crippen molar-refractivity contribution in [3.63, 3.8) is 0 Å². The van der Waals surface area contributed by atoms with Gasteiger partial charge >= 0.3 is 0 Å². The lowest BCUT2D eigenvalue weighted by Gasteiger charge is -2.20. The van der Waals surface area contributed by atoms with Crippen molar-refractivity contribution in [2.45, 2.75) is 72.6 Å². The standard InChI is InChI=1S/C14H26O2/c1-5-9-13(16)10-7-6-8-11-14(3,4)12(2)15/h5-11H2,1-4H3. The number of Topliss-reactive ketones (excluding diaryl/α,β-unsaturated/α-hetero) is 2. The Labute approximate surface area is 99.8 Å². The number of hydrogen-bond donors (Lipinski definition) is 0. The summed E-state index contributed by atoms with van der Waals surface area (Å²) in [6.07, 6.45) is 6.42. The van der Waals surface area contributed by atoms with E-state index in [-0.39, 0.29) is 11.2 Å². The van der Waals surface area contributed by atoms with E-state index in [9.17, 15) is 9.59 Å². The van der Waals surface area contributed by atoms with Crippen molar-refractivity contribution in [2.75, 3.05) is 0 Å². The van der Waals surface area contributed by atoms with E-state index in [1.54, 1.807) is 6.92 Å². The van der Waals surface area contributed by atoms with Gasteiger partial charge < -0.3 is 0 Å². The van der Waals surface area contributed by atoms with Gasteiger partial charge in [0.05, 0.1) is 0 Å². The van der Waals surface area contributed by atoms with Crippen LogP contribution in [0.4, 0.5) is 0 Å². The average molecular weight is 226 g/mol. The molecule has 0 amide bonds. The molecule has 2 heteroatoms. The first-order valence-electron chi connectivity index (χ1n) is 6.43. The smallest absolute Gasteiger partial charge is 0.135 e. The second-order valence-electron chi connectivity index (χ2n) is 5.29. The largest absolute Gasteiger partial charge is 0.300 e. The predicted molar refractivity (Wildman–Crippen MR) is 67.5 cm³/mol. The monoisotopic (exact) mass is 226 g/mol. The van der Waals surface area contributed by atoms with Crippen molar-refractivity contribution in [2.24, 2.45) is 5.41 Å². The van der Waals surface area contributed by atoms with Crippen molar-refractivity contribution < 1.29 is 9.59 Å². The molecule has 2 nitrogen and oxygen atoms in total. The van der Waals surface area contributed by atoms with Crippen LogP contribution in [-0.4, -0.2) is 11.6 Å². The van der Waals surface area contributed by atoms with Crippen molar-refractivity contribution in [1.82, 2.24) is 0 Å². The van der Waals surface area contributed by atoms with Gasteiger partial charge in [-0.1, -0.05) is 33.6 Å². The maximum absolute atomic E-state index is 11.3. The highest BCUT2D eigenvalue weighted by atomic mass is 16.1. The fraction of sp³-hybridized carbons (Fsp3) is 0.857. The molecular weight excluding hydrogens is 200 g/mol. The third-order valence-corrected chi connectivity index (χ3v) is 3.24. The van der Waals surface area contributed by atoms with E-state index < -0.39 is 0 Å². The first kappa shape index (κ1) is 15.3.